The number of nitrogens with one attached hydrogen (secondary N) is 2. The van der Waals surface area contributed by atoms with Crippen LogP contribution in [0.3, 0.4) is 0 Å². The molecule has 1 amide bonds. The lowest BCUT2D eigenvalue weighted by Crippen LogP contribution is -2.51. The summed E-state index contributed by atoms with van der Waals surface area (Å²) in [4.78, 5) is 25.6. The van der Waals surface area contributed by atoms with Gasteiger partial charge in [0.1, 0.15) is 5.82 Å². The Morgan fingerprint density at radius 1 is 1.09 bits per heavy atom. The van der Waals surface area contributed by atoms with E-state index in [-0.39, 0.29) is 11.9 Å². The number of aromatic nitrogens is 2. The number of amides is 1. The van der Waals surface area contributed by atoms with Crippen LogP contribution in [-0.4, -0.2) is 75.1 Å². The van der Waals surface area contributed by atoms with Crippen LogP contribution in [0.4, 0.5) is 0 Å². The molecule has 3 aromatic rings. The van der Waals surface area contributed by atoms with Gasteiger partial charge in [-0.25, -0.2) is 4.98 Å². The van der Waals surface area contributed by atoms with E-state index in [9.17, 15) is 9.90 Å². The van der Waals surface area contributed by atoms with Crippen LogP contribution in [0, 0.1) is 0 Å². The number of H-pyrrole nitrogens is 1. The van der Waals surface area contributed by atoms with E-state index in [0.29, 0.717) is 32.0 Å². The van der Waals surface area contributed by atoms with Crippen molar-refractivity contribution in [2.24, 2.45) is 0 Å². The molecule has 33 heavy (non-hydrogen) atoms. The summed E-state index contributed by atoms with van der Waals surface area (Å²) >= 11 is 0. The highest BCUT2D eigenvalue weighted by atomic mass is 16.3. The third-order valence-electron chi connectivity index (χ3n) is 6.99. The fraction of sp³-hybridized carbons (Fsp3) is 0.462. The van der Waals surface area contributed by atoms with Crippen molar-refractivity contribution in [1.29, 1.82) is 0 Å². The Balaban J connectivity index is 1.12. The van der Waals surface area contributed by atoms with E-state index in [1.54, 1.807) is 0 Å². The number of aliphatic hydroxyl groups is 1. The number of piperidine rings is 1. The third kappa shape index (κ3) is 5.27. The van der Waals surface area contributed by atoms with Crippen molar-refractivity contribution < 1.29 is 9.90 Å². The molecule has 0 aliphatic carbocycles. The summed E-state index contributed by atoms with van der Waals surface area (Å²) in [5.74, 6) is 0.903. The first-order chi connectivity index (χ1) is 16.2. The van der Waals surface area contributed by atoms with Gasteiger partial charge in [0.25, 0.3) is 0 Å². The molecule has 0 spiro atoms. The number of imidazole rings is 1. The number of likely N-dealkylation sites (tertiary alicyclic amines) is 2. The summed E-state index contributed by atoms with van der Waals surface area (Å²) < 4.78 is 0. The quantitative estimate of drug-likeness (QED) is 0.518. The maximum atomic E-state index is 13.0. The van der Waals surface area contributed by atoms with Gasteiger partial charge in [0, 0.05) is 32.1 Å². The first-order valence-electron chi connectivity index (χ1n) is 12.1. The number of carbonyl (C=O) groups excluding carboxylic acids is 1. The lowest BCUT2D eigenvalue weighted by atomic mass is 10.0. The van der Waals surface area contributed by atoms with Crippen molar-refractivity contribution in [1.82, 2.24) is 25.1 Å². The SMILES string of the molecule is O=C(NCCc1nc2ccccc2[nH]1)[C@@H]1C[C@@H](O)CN1C1CCN(Cc2ccccc2)CC1. The average Bonchev–Trinajstić information content (AvgIpc) is 3.43. The highest BCUT2D eigenvalue weighted by Crippen LogP contribution is 2.27. The van der Waals surface area contributed by atoms with E-state index in [4.69, 9.17) is 0 Å². The van der Waals surface area contributed by atoms with E-state index in [1.165, 1.54) is 5.56 Å². The Hall–Kier alpha value is -2.74. The lowest BCUT2D eigenvalue weighted by Gasteiger charge is -2.38. The van der Waals surface area contributed by atoms with Crippen LogP contribution >= 0.6 is 0 Å². The molecule has 1 aromatic heterocycles. The van der Waals surface area contributed by atoms with Gasteiger partial charge in [0.15, 0.2) is 0 Å². The molecule has 0 bridgehead atoms. The Labute approximate surface area is 194 Å². The third-order valence-corrected chi connectivity index (χ3v) is 6.99. The van der Waals surface area contributed by atoms with Crippen LogP contribution < -0.4 is 5.32 Å². The van der Waals surface area contributed by atoms with Gasteiger partial charge in [-0.3, -0.25) is 14.6 Å². The van der Waals surface area contributed by atoms with Gasteiger partial charge in [0.05, 0.1) is 23.2 Å². The lowest BCUT2D eigenvalue weighted by molar-refractivity contribution is -0.126. The number of carbonyl (C=O) groups is 1. The Kier molecular flexibility index (Phi) is 6.71. The fourth-order valence-electron chi connectivity index (χ4n) is 5.30. The molecule has 2 fully saturated rings. The minimum atomic E-state index is -0.432. The van der Waals surface area contributed by atoms with Crippen LogP contribution in [0.5, 0.6) is 0 Å². The first-order valence-corrected chi connectivity index (χ1v) is 12.1. The van der Waals surface area contributed by atoms with Crippen LogP contribution in [0.2, 0.25) is 0 Å². The van der Waals surface area contributed by atoms with Crippen molar-refractivity contribution in [3.63, 3.8) is 0 Å². The minimum Gasteiger partial charge on any atom is -0.392 e. The van der Waals surface area contributed by atoms with Gasteiger partial charge in [0.2, 0.25) is 5.91 Å². The Bertz CT molecular complexity index is 1030. The number of aromatic amines is 1. The molecule has 0 unspecified atom stereocenters. The molecule has 0 saturated carbocycles. The molecule has 3 N–H and O–H groups in total. The highest BCUT2D eigenvalue weighted by molar-refractivity contribution is 5.82. The van der Waals surface area contributed by atoms with Crippen LogP contribution in [0.1, 0.15) is 30.7 Å². The predicted octanol–water partition coefficient (Wildman–Crippen LogP) is 2.32. The molecule has 0 radical (unpaired) electrons. The number of rotatable bonds is 7. The van der Waals surface area contributed by atoms with E-state index < -0.39 is 6.10 Å². The monoisotopic (exact) mass is 447 g/mol. The van der Waals surface area contributed by atoms with Crippen molar-refractivity contribution in [2.75, 3.05) is 26.2 Å². The van der Waals surface area contributed by atoms with Gasteiger partial charge in [-0.15, -0.1) is 0 Å². The number of fused-ring (bicyclic) bond motifs is 1. The van der Waals surface area contributed by atoms with E-state index in [2.05, 4.69) is 55.4 Å². The number of nitrogens with zero attached hydrogens (tertiary/aromatic N) is 3. The zero-order valence-electron chi connectivity index (χ0n) is 19.0. The fourth-order valence-corrected chi connectivity index (χ4v) is 5.30. The summed E-state index contributed by atoms with van der Waals surface area (Å²) in [6.45, 7) is 4.14. The molecule has 5 rings (SSSR count). The van der Waals surface area contributed by atoms with E-state index in [0.717, 1.165) is 49.3 Å². The van der Waals surface area contributed by atoms with Gasteiger partial charge < -0.3 is 15.4 Å². The second-order valence-corrected chi connectivity index (χ2v) is 9.34. The average molecular weight is 448 g/mol. The highest BCUT2D eigenvalue weighted by Gasteiger charge is 2.40. The summed E-state index contributed by atoms with van der Waals surface area (Å²) in [5.41, 5.74) is 3.30. The number of benzene rings is 2. The van der Waals surface area contributed by atoms with Crippen molar-refractivity contribution >= 4 is 16.9 Å². The number of aliphatic hydroxyl groups excluding tert-OH is 1. The zero-order valence-corrected chi connectivity index (χ0v) is 19.0. The number of hydrogen-bond donors (Lipinski definition) is 3. The topological polar surface area (TPSA) is 84.5 Å². The van der Waals surface area contributed by atoms with Gasteiger partial charge in [-0.1, -0.05) is 42.5 Å². The summed E-state index contributed by atoms with van der Waals surface area (Å²) in [5, 5.41) is 13.4. The van der Waals surface area contributed by atoms with Crippen molar-refractivity contribution in [3.05, 3.63) is 66.0 Å². The maximum absolute atomic E-state index is 13.0. The molecular formula is C26H33N5O2. The second kappa shape index (κ2) is 10.0. The largest absolute Gasteiger partial charge is 0.392 e. The molecular weight excluding hydrogens is 414 g/mol. The molecule has 174 valence electrons. The summed E-state index contributed by atoms with van der Waals surface area (Å²) in [6.07, 6.45) is 2.80. The van der Waals surface area contributed by atoms with Crippen molar-refractivity contribution in [2.45, 2.75) is 50.4 Å². The van der Waals surface area contributed by atoms with E-state index >= 15 is 0 Å². The number of β-amino-alcohol motifs (C(OH)–C–C–N with tert-alkyl or cyclic N) is 1. The van der Waals surface area contributed by atoms with Crippen molar-refractivity contribution in [3.8, 4) is 0 Å². The van der Waals surface area contributed by atoms with Crippen LogP contribution in [0.25, 0.3) is 11.0 Å². The Morgan fingerprint density at radius 2 is 1.85 bits per heavy atom. The molecule has 2 aromatic carbocycles. The molecule has 2 aliphatic heterocycles. The van der Waals surface area contributed by atoms with Gasteiger partial charge in [-0.05, 0) is 50.0 Å². The molecule has 2 aliphatic rings. The smallest absolute Gasteiger partial charge is 0.237 e. The minimum absolute atomic E-state index is 0.0226. The summed E-state index contributed by atoms with van der Waals surface area (Å²) in [7, 11) is 0. The van der Waals surface area contributed by atoms with Crippen LogP contribution in [-0.2, 0) is 17.8 Å². The molecule has 7 nitrogen and oxygen atoms in total. The maximum Gasteiger partial charge on any atom is 0.237 e. The second-order valence-electron chi connectivity index (χ2n) is 9.34. The zero-order chi connectivity index (χ0) is 22.6. The molecule has 3 heterocycles. The normalized spacial score (nSPS) is 22.7. The van der Waals surface area contributed by atoms with Gasteiger partial charge in [-0.2, -0.15) is 0 Å². The Morgan fingerprint density at radius 3 is 2.64 bits per heavy atom. The predicted molar refractivity (Wildman–Crippen MR) is 129 cm³/mol. The molecule has 7 heteroatoms. The standard InChI is InChI=1S/C26H33N5O2/c32-21-16-24(26(33)27-13-10-25-28-22-8-4-5-9-23(22)29-25)31(18-21)20-11-14-30(15-12-20)17-19-6-2-1-3-7-19/h1-9,20-21,24,32H,10-18H2,(H,27,33)(H,28,29)/t21-,24+/m1/s1. The number of hydrogen-bond acceptors (Lipinski definition) is 5. The molecule has 2 saturated heterocycles. The van der Waals surface area contributed by atoms with Gasteiger partial charge >= 0.3 is 0 Å². The van der Waals surface area contributed by atoms with Crippen LogP contribution in [0.15, 0.2) is 54.6 Å². The van der Waals surface area contributed by atoms with E-state index in [1.807, 2.05) is 24.3 Å². The molecule has 2 atom stereocenters. The number of para-hydroxylation sites is 2. The first kappa shape index (κ1) is 22.1. The summed E-state index contributed by atoms with van der Waals surface area (Å²) in [6, 6.07) is 18.6.